The number of nitrogens with zero attached hydrogens (tertiary/aromatic N) is 3. The van der Waals surface area contributed by atoms with Gasteiger partial charge in [-0.2, -0.15) is 0 Å². The summed E-state index contributed by atoms with van der Waals surface area (Å²) in [5.41, 5.74) is 6.21. The van der Waals surface area contributed by atoms with Crippen LogP contribution in [0.2, 0.25) is 0 Å². The highest BCUT2D eigenvalue weighted by Crippen LogP contribution is 2.29. The highest BCUT2D eigenvalue weighted by molar-refractivity contribution is 7.16. The largest absolute Gasteiger partial charge is 0.318 e. The van der Waals surface area contributed by atoms with Crippen LogP contribution >= 0.6 is 11.3 Å². The summed E-state index contributed by atoms with van der Waals surface area (Å²) in [6.45, 7) is 2.53. The van der Waals surface area contributed by atoms with Crippen molar-refractivity contribution in [2.75, 3.05) is 11.4 Å². The zero-order valence-corrected chi connectivity index (χ0v) is 16.0. The summed E-state index contributed by atoms with van der Waals surface area (Å²) in [6.07, 6.45) is 1.25. The number of benzene rings is 2. The number of fused-ring (bicyclic) bond motifs is 2. The van der Waals surface area contributed by atoms with E-state index in [0.29, 0.717) is 18.5 Å². The van der Waals surface area contributed by atoms with Crippen LogP contribution in [0, 0.1) is 0 Å². The standard InChI is InChI=1S/C20H20N4O2S/c1-3-18(25)24-11-10-13-12-14(8-9-15(13)24)19(26)21-22-20-23(2)16-6-4-5-7-17(16)27-20/h4-9,12H,3,10-11H2,1-2H3,(H,21,26). The van der Waals surface area contributed by atoms with Gasteiger partial charge in [-0.3, -0.25) is 9.59 Å². The van der Waals surface area contributed by atoms with Crippen LogP contribution in [0.5, 0.6) is 0 Å². The van der Waals surface area contributed by atoms with Gasteiger partial charge in [-0.25, -0.2) is 5.43 Å². The van der Waals surface area contributed by atoms with Crippen LogP contribution in [-0.2, 0) is 18.3 Å². The first-order chi connectivity index (χ1) is 13.1. The van der Waals surface area contributed by atoms with Crippen molar-refractivity contribution < 1.29 is 9.59 Å². The number of nitrogens with one attached hydrogen (secondary N) is 1. The zero-order chi connectivity index (χ0) is 19.0. The zero-order valence-electron chi connectivity index (χ0n) is 15.2. The van der Waals surface area contributed by atoms with Crippen molar-refractivity contribution in [1.29, 1.82) is 0 Å². The van der Waals surface area contributed by atoms with Crippen LogP contribution in [-0.4, -0.2) is 22.9 Å². The Labute approximate surface area is 160 Å². The molecule has 0 fully saturated rings. The number of rotatable bonds is 3. The van der Waals surface area contributed by atoms with Crippen LogP contribution in [0.25, 0.3) is 10.2 Å². The lowest BCUT2D eigenvalue weighted by molar-refractivity contribution is -0.118. The van der Waals surface area contributed by atoms with Crippen molar-refractivity contribution in [2.45, 2.75) is 19.8 Å². The fourth-order valence-electron chi connectivity index (χ4n) is 3.34. The molecule has 3 aromatic rings. The maximum atomic E-state index is 12.5. The van der Waals surface area contributed by atoms with E-state index in [9.17, 15) is 9.59 Å². The van der Waals surface area contributed by atoms with Gasteiger partial charge >= 0.3 is 0 Å². The predicted octanol–water partition coefficient (Wildman–Crippen LogP) is 2.78. The summed E-state index contributed by atoms with van der Waals surface area (Å²) >= 11 is 1.52. The molecule has 0 radical (unpaired) electrons. The molecule has 1 aliphatic heterocycles. The maximum Gasteiger partial charge on any atom is 0.271 e. The molecule has 2 heterocycles. The van der Waals surface area contributed by atoms with Gasteiger partial charge in [0.2, 0.25) is 10.7 Å². The third-order valence-corrected chi connectivity index (χ3v) is 5.92. The number of hydrogen-bond acceptors (Lipinski definition) is 4. The number of anilines is 1. The second-order valence-corrected chi connectivity index (χ2v) is 7.47. The summed E-state index contributed by atoms with van der Waals surface area (Å²) < 4.78 is 3.07. The van der Waals surface area contributed by atoms with Crippen LogP contribution in [0.4, 0.5) is 5.69 Å². The molecule has 27 heavy (non-hydrogen) atoms. The first-order valence-corrected chi connectivity index (χ1v) is 9.72. The maximum absolute atomic E-state index is 12.5. The summed E-state index contributed by atoms with van der Waals surface area (Å²) in [5, 5.41) is 4.29. The Balaban J connectivity index is 1.57. The molecule has 6 nitrogen and oxygen atoms in total. The first-order valence-electron chi connectivity index (χ1n) is 8.90. The highest BCUT2D eigenvalue weighted by atomic mass is 32.1. The highest BCUT2D eigenvalue weighted by Gasteiger charge is 2.24. The van der Waals surface area contributed by atoms with Gasteiger partial charge in [-0.05, 0) is 42.3 Å². The number of carbonyl (C=O) groups excluding carboxylic acids is 2. The molecule has 0 saturated carbocycles. The Morgan fingerprint density at radius 3 is 2.81 bits per heavy atom. The van der Waals surface area contributed by atoms with Gasteiger partial charge < -0.3 is 9.47 Å². The summed E-state index contributed by atoms with van der Waals surface area (Å²) in [6, 6.07) is 13.5. The lowest BCUT2D eigenvalue weighted by Crippen LogP contribution is -2.27. The number of aromatic nitrogens is 1. The Bertz CT molecular complexity index is 1110. The van der Waals surface area contributed by atoms with Gasteiger partial charge in [0.15, 0.2) is 0 Å². The number of thiazole rings is 1. The van der Waals surface area contributed by atoms with Crippen molar-refractivity contribution in [3.63, 3.8) is 0 Å². The van der Waals surface area contributed by atoms with Gasteiger partial charge in [0.05, 0.1) is 10.2 Å². The molecule has 2 aromatic carbocycles. The third-order valence-electron chi connectivity index (χ3n) is 4.81. The molecule has 7 heteroatoms. The lowest BCUT2D eigenvalue weighted by atomic mass is 10.1. The topological polar surface area (TPSA) is 66.7 Å². The van der Waals surface area contributed by atoms with Gasteiger partial charge in [-0.15, -0.1) is 5.10 Å². The molecule has 2 amide bonds. The molecule has 1 N–H and O–H groups in total. The van der Waals surface area contributed by atoms with Gasteiger partial charge in [0, 0.05) is 31.3 Å². The normalized spacial score (nSPS) is 13.9. The number of amides is 2. The molecule has 1 aliphatic rings. The third kappa shape index (κ3) is 3.14. The van der Waals surface area contributed by atoms with E-state index in [1.54, 1.807) is 11.0 Å². The van der Waals surface area contributed by atoms with Gasteiger partial charge in [-0.1, -0.05) is 30.4 Å². The molecule has 0 bridgehead atoms. The van der Waals surface area contributed by atoms with Crippen LogP contribution in [0.1, 0.15) is 29.3 Å². The molecule has 0 atom stereocenters. The summed E-state index contributed by atoms with van der Waals surface area (Å²) in [7, 11) is 1.93. The second-order valence-electron chi connectivity index (χ2n) is 6.46. The molecule has 4 rings (SSSR count). The Hall–Kier alpha value is -2.93. The van der Waals surface area contributed by atoms with E-state index in [4.69, 9.17) is 0 Å². The summed E-state index contributed by atoms with van der Waals surface area (Å²) in [4.78, 5) is 27.0. The number of hydrogen-bond donors (Lipinski definition) is 1. The Morgan fingerprint density at radius 2 is 2.04 bits per heavy atom. The van der Waals surface area contributed by atoms with Crippen LogP contribution < -0.4 is 15.1 Å². The van der Waals surface area contributed by atoms with Crippen molar-refractivity contribution in [1.82, 2.24) is 9.99 Å². The van der Waals surface area contributed by atoms with Crippen LogP contribution in [0.3, 0.4) is 0 Å². The number of carbonyl (C=O) groups is 2. The Kier molecular flexibility index (Phi) is 4.53. The van der Waals surface area contributed by atoms with E-state index < -0.39 is 0 Å². The van der Waals surface area contributed by atoms with Gasteiger partial charge in [0.25, 0.3) is 5.91 Å². The van der Waals surface area contributed by atoms with E-state index in [0.717, 1.165) is 32.7 Å². The summed E-state index contributed by atoms with van der Waals surface area (Å²) in [5.74, 6) is -0.145. The fourth-order valence-corrected chi connectivity index (χ4v) is 4.32. The quantitative estimate of drug-likeness (QED) is 0.710. The van der Waals surface area contributed by atoms with E-state index >= 15 is 0 Å². The SMILES string of the molecule is CCC(=O)N1CCc2cc(C(=O)NN=c3sc4ccccc4n3C)ccc21. The van der Waals surface area contributed by atoms with Crippen molar-refractivity contribution in [3.8, 4) is 0 Å². The molecule has 0 aliphatic carbocycles. The predicted molar refractivity (Wildman–Crippen MR) is 107 cm³/mol. The van der Waals surface area contributed by atoms with E-state index in [2.05, 4.69) is 10.5 Å². The average Bonchev–Trinajstić information content (AvgIpc) is 3.26. The lowest BCUT2D eigenvalue weighted by Gasteiger charge is -2.16. The second kappa shape index (κ2) is 7.00. The van der Waals surface area contributed by atoms with Crippen molar-refractivity contribution in [2.24, 2.45) is 12.1 Å². The minimum absolute atomic E-state index is 0.109. The number of para-hydroxylation sites is 1. The van der Waals surface area contributed by atoms with Crippen LogP contribution in [0.15, 0.2) is 47.6 Å². The monoisotopic (exact) mass is 380 g/mol. The molecule has 0 unspecified atom stereocenters. The molecular formula is C20H20N4O2S. The van der Waals surface area contributed by atoms with E-state index in [-0.39, 0.29) is 11.8 Å². The molecule has 0 spiro atoms. The van der Waals surface area contributed by atoms with E-state index in [1.165, 1.54) is 11.3 Å². The van der Waals surface area contributed by atoms with Crippen molar-refractivity contribution in [3.05, 3.63) is 58.4 Å². The Morgan fingerprint density at radius 1 is 1.22 bits per heavy atom. The molecule has 1 aromatic heterocycles. The molecular weight excluding hydrogens is 360 g/mol. The van der Waals surface area contributed by atoms with Crippen molar-refractivity contribution >= 4 is 39.1 Å². The van der Waals surface area contributed by atoms with Gasteiger partial charge in [0.1, 0.15) is 0 Å². The fraction of sp³-hybridized carbons (Fsp3) is 0.250. The number of aryl methyl sites for hydroxylation is 1. The minimum Gasteiger partial charge on any atom is -0.318 e. The van der Waals surface area contributed by atoms with E-state index in [1.807, 2.05) is 54.9 Å². The molecule has 138 valence electrons. The smallest absolute Gasteiger partial charge is 0.271 e. The molecule has 0 saturated heterocycles. The minimum atomic E-state index is -0.254. The first kappa shape index (κ1) is 17.5. The average molecular weight is 380 g/mol.